The van der Waals surface area contributed by atoms with E-state index in [0.717, 1.165) is 11.1 Å². The van der Waals surface area contributed by atoms with Crippen LogP contribution in [0.4, 0.5) is 0 Å². The minimum Gasteiger partial charge on any atom is -0.390 e. The first-order valence-electron chi connectivity index (χ1n) is 8.63. The number of aliphatic hydroxyl groups is 1. The van der Waals surface area contributed by atoms with E-state index in [1.165, 1.54) is 6.20 Å². The first kappa shape index (κ1) is 16.5. The Bertz CT molecular complexity index is 1030. The second-order valence-corrected chi connectivity index (χ2v) is 6.51. The molecule has 0 saturated carbocycles. The van der Waals surface area contributed by atoms with Gasteiger partial charge in [-0.25, -0.2) is 0 Å². The highest BCUT2D eigenvalue weighted by molar-refractivity contribution is 5.79. The molecule has 6 heteroatoms. The normalized spacial score (nSPS) is 18.7. The van der Waals surface area contributed by atoms with Crippen LogP contribution in [0.3, 0.4) is 0 Å². The molecule has 26 heavy (non-hydrogen) atoms. The number of aliphatic hydroxyl groups excluding tert-OH is 1. The van der Waals surface area contributed by atoms with Crippen molar-refractivity contribution in [2.75, 3.05) is 0 Å². The topological polar surface area (TPSA) is 84.2 Å². The fraction of sp³-hybridized carbons (Fsp3) is 0.250. The zero-order valence-electron chi connectivity index (χ0n) is 14.1. The first-order chi connectivity index (χ1) is 12.6. The summed E-state index contributed by atoms with van der Waals surface area (Å²) in [5, 5.41) is 17.9. The van der Waals surface area contributed by atoms with Crippen molar-refractivity contribution in [3.63, 3.8) is 0 Å². The van der Waals surface area contributed by atoms with Crippen LogP contribution in [0.1, 0.15) is 23.6 Å². The van der Waals surface area contributed by atoms with Gasteiger partial charge in [-0.1, -0.05) is 36.4 Å². The van der Waals surface area contributed by atoms with Crippen molar-refractivity contribution < 1.29 is 9.90 Å². The van der Waals surface area contributed by atoms with Crippen LogP contribution in [0.2, 0.25) is 0 Å². The van der Waals surface area contributed by atoms with Gasteiger partial charge in [0.15, 0.2) is 0 Å². The van der Waals surface area contributed by atoms with E-state index in [0.29, 0.717) is 23.9 Å². The molecule has 2 N–H and O–H groups in total. The highest BCUT2D eigenvalue weighted by Crippen LogP contribution is 2.31. The largest absolute Gasteiger partial charge is 0.390 e. The van der Waals surface area contributed by atoms with Crippen molar-refractivity contribution in [3.05, 3.63) is 76.1 Å². The van der Waals surface area contributed by atoms with Crippen molar-refractivity contribution in [2.45, 2.75) is 31.5 Å². The Kier molecular flexibility index (Phi) is 4.26. The number of hydrogen-bond acceptors (Lipinski definition) is 4. The molecule has 0 bridgehead atoms. The van der Waals surface area contributed by atoms with Gasteiger partial charge in [-0.05, 0) is 23.3 Å². The highest BCUT2D eigenvalue weighted by Gasteiger charge is 2.31. The Balaban J connectivity index is 1.47. The Morgan fingerprint density at radius 2 is 1.96 bits per heavy atom. The molecule has 2 unspecified atom stereocenters. The number of nitrogens with zero attached hydrogens (tertiary/aromatic N) is 2. The van der Waals surface area contributed by atoms with E-state index >= 15 is 0 Å². The van der Waals surface area contributed by atoms with Gasteiger partial charge >= 0.3 is 0 Å². The molecule has 1 aromatic heterocycles. The lowest BCUT2D eigenvalue weighted by Crippen LogP contribution is -2.34. The molecule has 2 atom stereocenters. The average molecular weight is 349 g/mol. The number of hydrogen-bond donors (Lipinski definition) is 2. The molecule has 132 valence electrons. The summed E-state index contributed by atoms with van der Waals surface area (Å²) in [6.45, 7) is 0.358. The number of carbonyl (C=O) groups is 1. The first-order valence-corrected chi connectivity index (χ1v) is 8.63. The van der Waals surface area contributed by atoms with Crippen LogP contribution in [-0.2, 0) is 17.8 Å². The van der Waals surface area contributed by atoms with Crippen LogP contribution in [0.5, 0.6) is 0 Å². The van der Waals surface area contributed by atoms with Crippen LogP contribution in [0.25, 0.3) is 10.9 Å². The third-order valence-corrected chi connectivity index (χ3v) is 4.83. The zero-order chi connectivity index (χ0) is 18.1. The van der Waals surface area contributed by atoms with Gasteiger partial charge in [0.1, 0.15) is 0 Å². The fourth-order valence-electron chi connectivity index (χ4n) is 3.54. The Morgan fingerprint density at radius 3 is 2.85 bits per heavy atom. The van der Waals surface area contributed by atoms with Crippen molar-refractivity contribution in [2.24, 2.45) is 0 Å². The predicted molar refractivity (Wildman–Crippen MR) is 97.7 cm³/mol. The Labute approximate surface area is 150 Å². The van der Waals surface area contributed by atoms with E-state index in [-0.39, 0.29) is 23.8 Å². The molecule has 6 nitrogen and oxygen atoms in total. The van der Waals surface area contributed by atoms with Crippen molar-refractivity contribution >= 4 is 16.8 Å². The highest BCUT2D eigenvalue weighted by atomic mass is 16.3. The van der Waals surface area contributed by atoms with E-state index in [4.69, 9.17) is 0 Å². The van der Waals surface area contributed by atoms with Gasteiger partial charge in [-0.3, -0.25) is 14.3 Å². The summed E-state index contributed by atoms with van der Waals surface area (Å²) in [5.74, 6) is -0.157. The summed E-state index contributed by atoms with van der Waals surface area (Å²) in [7, 11) is 0. The summed E-state index contributed by atoms with van der Waals surface area (Å²) in [6, 6.07) is 14.6. The van der Waals surface area contributed by atoms with Crippen molar-refractivity contribution in [1.82, 2.24) is 15.1 Å². The number of para-hydroxylation sites is 1. The lowest BCUT2D eigenvalue weighted by Gasteiger charge is -2.18. The van der Waals surface area contributed by atoms with E-state index in [1.807, 2.05) is 36.4 Å². The minimum atomic E-state index is -0.609. The predicted octanol–water partition coefficient (Wildman–Crippen LogP) is 1.56. The van der Waals surface area contributed by atoms with E-state index in [2.05, 4.69) is 10.4 Å². The molecule has 0 radical (unpaired) electrons. The number of fused-ring (bicyclic) bond motifs is 2. The van der Waals surface area contributed by atoms with Crippen LogP contribution >= 0.6 is 0 Å². The SMILES string of the molecule is O=C(CCn1ncc(=O)c2ccccc21)NC1c2ccccc2CC1O. The molecule has 0 saturated heterocycles. The number of carbonyl (C=O) groups excluding carboxylic acids is 1. The van der Waals surface area contributed by atoms with Crippen LogP contribution in [0, 0.1) is 0 Å². The Morgan fingerprint density at radius 1 is 1.19 bits per heavy atom. The molecule has 1 aliphatic rings. The molecule has 1 amide bonds. The maximum atomic E-state index is 12.4. The van der Waals surface area contributed by atoms with Crippen LogP contribution in [0.15, 0.2) is 59.5 Å². The molecular weight excluding hydrogens is 330 g/mol. The number of amides is 1. The fourth-order valence-corrected chi connectivity index (χ4v) is 3.54. The maximum absolute atomic E-state index is 12.4. The molecule has 1 heterocycles. The number of rotatable bonds is 4. The van der Waals surface area contributed by atoms with Gasteiger partial charge in [0.05, 0.1) is 30.4 Å². The molecule has 0 fully saturated rings. The summed E-state index contributed by atoms with van der Waals surface area (Å²) in [4.78, 5) is 24.3. The molecule has 4 rings (SSSR count). The number of benzene rings is 2. The lowest BCUT2D eigenvalue weighted by molar-refractivity contribution is -0.122. The van der Waals surface area contributed by atoms with E-state index in [1.54, 1.807) is 16.8 Å². The second kappa shape index (κ2) is 6.72. The van der Waals surface area contributed by atoms with Gasteiger partial charge in [0, 0.05) is 18.2 Å². The molecule has 2 aromatic carbocycles. The third kappa shape index (κ3) is 2.99. The number of aryl methyl sites for hydroxylation is 1. The Hall–Kier alpha value is -2.99. The molecule has 0 spiro atoms. The van der Waals surface area contributed by atoms with Gasteiger partial charge in [-0.15, -0.1) is 0 Å². The van der Waals surface area contributed by atoms with Crippen LogP contribution < -0.4 is 10.7 Å². The van der Waals surface area contributed by atoms with Crippen molar-refractivity contribution in [3.8, 4) is 0 Å². The monoisotopic (exact) mass is 349 g/mol. The molecule has 0 aliphatic heterocycles. The molecule has 1 aliphatic carbocycles. The average Bonchev–Trinajstić information content (AvgIpc) is 2.97. The van der Waals surface area contributed by atoms with E-state index < -0.39 is 6.10 Å². The summed E-state index contributed by atoms with van der Waals surface area (Å²) in [6.07, 6.45) is 1.43. The summed E-state index contributed by atoms with van der Waals surface area (Å²) >= 11 is 0. The summed E-state index contributed by atoms with van der Waals surface area (Å²) in [5.41, 5.74) is 2.62. The molecular formula is C20H19N3O3. The van der Waals surface area contributed by atoms with Crippen molar-refractivity contribution in [1.29, 1.82) is 0 Å². The smallest absolute Gasteiger partial charge is 0.222 e. The van der Waals surface area contributed by atoms with Gasteiger partial charge in [0.2, 0.25) is 11.3 Å². The third-order valence-electron chi connectivity index (χ3n) is 4.83. The lowest BCUT2D eigenvalue weighted by atomic mass is 10.1. The maximum Gasteiger partial charge on any atom is 0.222 e. The van der Waals surface area contributed by atoms with Gasteiger partial charge in [-0.2, -0.15) is 5.10 Å². The molecule has 3 aromatic rings. The minimum absolute atomic E-state index is 0.132. The van der Waals surface area contributed by atoms with E-state index in [9.17, 15) is 14.7 Å². The number of nitrogens with one attached hydrogen (secondary N) is 1. The second-order valence-electron chi connectivity index (χ2n) is 6.51. The van der Waals surface area contributed by atoms with Crippen LogP contribution in [-0.4, -0.2) is 26.9 Å². The summed E-state index contributed by atoms with van der Waals surface area (Å²) < 4.78 is 1.66. The quantitative estimate of drug-likeness (QED) is 0.749. The van der Waals surface area contributed by atoms with Gasteiger partial charge in [0.25, 0.3) is 0 Å². The zero-order valence-corrected chi connectivity index (χ0v) is 14.1. The number of aromatic nitrogens is 2. The standard InChI is InChI=1S/C20H19N3O3/c24-17-11-13-5-1-2-6-14(13)20(17)22-19(26)9-10-23-16-8-4-3-7-15(16)18(25)12-21-23/h1-8,12,17,20,24H,9-11H2,(H,22,26). The van der Waals surface area contributed by atoms with Gasteiger partial charge < -0.3 is 10.4 Å².